The first-order chi connectivity index (χ1) is 11.1. The number of alkyl halides is 3. The molecule has 0 heterocycles. The molecule has 0 aliphatic rings. The number of carbonyl (C=O) groups is 2. The van der Waals surface area contributed by atoms with Crippen LogP contribution in [-0.4, -0.2) is 35.9 Å². The van der Waals surface area contributed by atoms with E-state index in [-0.39, 0.29) is 18.5 Å². The van der Waals surface area contributed by atoms with Gasteiger partial charge >= 0.3 is 12.3 Å². The summed E-state index contributed by atoms with van der Waals surface area (Å²) in [6.07, 6.45) is -6.65. The number of benzene rings is 1. The Morgan fingerprint density at radius 2 is 1.79 bits per heavy atom. The van der Waals surface area contributed by atoms with Crippen LogP contribution in [0.4, 0.5) is 18.0 Å². The Balaban J connectivity index is 2.75. The van der Waals surface area contributed by atoms with Crippen LogP contribution in [0.5, 0.6) is 0 Å². The van der Waals surface area contributed by atoms with Crippen molar-refractivity contribution >= 4 is 12.0 Å². The Kier molecular flexibility index (Phi) is 7.06. The molecule has 0 aromatic heterocycles. The first-order valence-electron chi connectivity index (χ1n) is 7.49. The maximum Gasteiger partial charge on any atom is 0.404 e. The van der Waals surface area contributed by atoms with Gasteiger partial charge < -0.3 is 15.7 Å². The van der Waals surface area contributed by atoms with Crippen LogP contribution in [0.15, 0.2) is 24.3 Å². The zero-order chi connectivity index (χ0) is 18.3. The van der Waals surface area contributed by atoms with E-state index in [0.717, 1.165) is 5.56 Å². The second-order valence-corrected chi connectivity index (χ2v) is 5.76. The second-order valence-electron chi connectivity index (χ2n) is 5.76. The number of amides is 2. The molecular weight excluding hydrogens is 325 g/mol. The van der Waals surface area contributed by atoms with E-state index in [1.54, 1.807) is 31.2 Å². The molecule has 8 heteroatoms. The predicted molar refractivity (Wildman–Crippen MR) is 82.9 cm³/mol. The Morgan fingerprint density at radius 3 is 2.29 bits per heavy atom. The smallest absolute Gasteiger partial charge is 0.404 e. The van der Waals surface area contributed by atoms with Crippen LogP contribution < -0.4 is 10.6 Å². The molecule has 0 aliphatic heterocycles. The molecule has 134 valence electrons. The fourth-order valence-electron chi connectivity index (χ4n) is 2.21. The van der Waals surface area contributed by atoms with Gasteiger partial charge in [0.2, 0.25) is 0 Å². The maximum absolute atomic E-state index is 12.8. The topological polar surface area (TPSA) is 78.4 Å². The summed E-state index contributed by atoms with van der Waals surface area (Å²) in [4.78, 5) is 22.6. The van der Waals surface area contributed by atoms with Crippen molar-refractivity contribution < 1.29 is 27.9 Å². The molecule has 1 aromatic carbocycles. The molecule has 3 N–H and O–H groups in total. The fourth-order valence-corrected chi connectivity index (χ4v) is 2.21. The molecule has 24 heavy (non-hydrogen) atoms. The number of rotatable bonds is 7. The van der Waals surface area contributed by atoms with Crippen LogP contribution in [0, 0.1) is 12.8 Å². The lowest BCUT2D eigenvalue weighted by Crippen LogP contribution is -2.43. The van der Waals surface area contributed by atoms with Gasteiger partial charge in [0, 0.05) is 18.2 Å². The SMILES string of the molecule is Cc1ccc(C(=O)NC(CC(F)(F)F)C(C)CCNC(=O)O)cc1. The largest absolute Gasteiger partial charge is 0.465 e. The summed E-state index contributed by atoms with van der Waals surface area (Å²) in [7, 11) is 0. The predicted octanol–water partition coefficient (Wildman–Crippen LogP) is 3.34. The molecule has 0 saturated carbocycles. The summed E-state index contributed by atoms with van der Waals surface area (Å²) >= 11 is 0. The molecule has 1 aromatic rings. The first kappa shape index (κ1) is 19.8. The lowest BCUT2D eigenvalue weighted by molar-refractivity contribution is -0.142. The van der Waals surface area contributed by atoms with E-state index < -0.39 is 36.6 Å². The first-order valence-corrected chi connectivity index (χ1v) is 7.49. The van der Waals surface area contributed by atoms with Crippen molar-refractivity contribution in [2.24, 2.45) is 5.92 Å². The molecular formula is C16H21F3N2O3. The third-order valence-corrected chi connectivity index (χ3v) is 3.64. The second kappa shape index (κ2) is 8.56. The van der Waals surface area contributed by atoms with Crippen LogP contribution in [0.1, 0.15) is 35.7 Å². The zero-order valence-electron chi connectivity index (χ0n) is 13.5. The van der Waals surface area contributed by atoms with Crippen molar-refractivity contribution in [2.75, 3.05) is 6.54 Å². The summed E-state index contributed by atoms with van der Waals surface area (Å²) in [5, 5.41) is 13.0. The highest BCUT2D eigenvalue weighted by atomic mass is 19.4. The number of carboxylic acid groups (broad SMARTS) is 1. The molecule has 2 amide bonds. The van der Waals surface area contributed by atoms with Crippen molar-refractivity contribution in [1.29, 1.82) is 0 Å². The number of aryl methyl sites for hydroxylation is 1. The number of halogens is 3. The van der Waals surface area contributed by atoms with Crippen LogP contribution in [0.25, 0.3) is 0 Å². The average Bonchev–Trinajstić information content (AvgIpc) is 2.45. The number of carbonyl (C=O) groups excluding carboxylic acids is 1. The Morgan fingerprint density at radius 1 is 1.21 bits per heavy atom. The molecule has 5 nitrogen and oxygen atoms in total. The summed E-state index contributed by atoms with van der Waals surface area (Å²) in [5.74, 6) is -1.13. The van der Waals surface area contributed by atoms with Gasteiger partial charge in [0.25, 0.3) is 5.91 Å². The summed E-state index contributed by atoms with van der Waals surface area (Å²) in [6.45, 7) is 3.41. The fraction of sp³-hybridized carbons (Fsp3) is 0.500. The van der Waals surface area contributed by atoms with E-state index in [1.807, 2.05) is 6.92 Å². The maximum atomic E-state index is 12.8. The molecule has 2 unspecified atom stereocenters. The van der Waals surface area contributed by atoms with Gasteiger partial charge in [-0.15, -0.1) is 0 Å². The van der Waals surface area contributed by atoms with E-state index >= 15 is 0 Å². The van der Waals surface area contributed by atoms with Crippen molar-refractivity contribution in [2.45, 2.75) is 38.9 Å². The molecule has 1 rings (SSSR count). The van der Waals surface area contributed by atoms with Gasteiger partial charge in [-0.2, -0.15) is 13.2 Å². The standard InChI is InChI=1S/C16H21F3N2O3/c1-10-3-5-12(6-4-10)14(22)21-13(9-16(17,18)19)11(2)7-8-20-15(23)24/h3-6,11,13,20H,7-9H2,1-2H3,(H,21,22)(H,23,24). The van der Waals surface area contributed by atoms with E-state index in [2.05, 4.69) is 10.6 Å². The van der Waals surface area contributed by atoms with Gasteiger partial charge in [-0.05, 0) is 31.4 Å². The highest BCUT2D eigenvalue weighted by Gasteiger charge is 2.35. The van der Waals surface area contributed by atoms with Crippen molar-refractivity contribution in [3.05, 3.63) is 35.4 Å². The van der Waals surface area contributed by atoms with Crippen molar-refractivity contribution in [3.8, 4) is 0 Å². The Labute approximate surface area is 138 Å². The molecule has 0 radical (unpaired) electrons. The van der Waals surface area contributed by atoms with Gasteiger partial charge in [-0.1, -0.05) is 24.6 Å². The van der Waals surface area contributed by atoms with E-state index in [4.69, 9.17) is 5.11 Å². The van der Waals surface area contributed by atoms with E-state index in [0.29, 0.717) is 0 Å². The van der Waals surface area contributed by atoms with Crippen LogP contribution in [-0.2, 0) is 0 Å². The van der Waals surface area contributed by atoms with Crippen LogP contribution in [0.3, 0.4) is 0 Å². The van der Waals surface area contributed by atoms with Gasteiger partial charge in [0.1, 0.15) is 0 Å². The molecule has 2 atom stereocenters. The van der Waals surface area contributed by atoms with Gasteiger partial charge in [-0.3, -0.25) is 4.79 Å². The number of hydrogen-bond donors (Lipinski definition) is 3. The quantitative estimate of drug-likeness (QED) is 0.708. The van der Waals surface area contributed by atoms with Crippen LogP contribution >= 0.6 is 0 Å². The highest BCUT2D eigenvalue weighted by Crippen LogP contribution is 2.26. The van der Waals surface area contributed by atoms with Crippen molar-refractivity contribution in [1.82, 2.24) is 10.6 Å². The minimum absolute atomic E-state index is 0.0191. The third-order valence-electron chi connectivity index (χ3n) is 3.64. The normalized spacial score (nSPS) is 13.9. The summed E-state index contributed by atoms with van der Waals surface area (Å²) in [5.41, 5.74) is 1.22. The van der Waals surface area contributed by atoms with E-state index in [9.17, 15) is 22.8 Å². The molecule has 0 spiro atoms. The minimum atomic E-state index is -4.43. The lowest BCUT2D eigenvalue weighted by Gasteiger charge is -2.26. The lowest BCUT2D eigenvalue weighted by atomic mass is 9.94. The van der Waals surface area contributed by atoms with Crippen LogP contribution in [0.2, 0.25) is 0 Å². The van der Waals surface area contributed by atoms with Gasteiger partial charge in [-0.25, -0.2) is 4.79 Å². The van der Waals surface area contributed by atoms with Gasteiger partial charge in [0.15, 0.2) is 0 Å². The molecule has 0 aliphatic carbocycles. The van der Waals surface area contributed by atoms with Crippen molar-refractivity contribution in [3.63, 3.8) is 0 Å². The number of nitrogens with one attached hydrogen (secondary N) is 2. The molecule has 0 bridgehead atoms. The summed E-state index contributed by atoms with van der Waals surface area (Å²) < 4.78 is 38.3. The third kappa shape index (κ3) is 7.34. The minimum Gasteiger partial charge on any atom is -0.465 e. The Hall–Kier alpha value is -2.25. The average molecular weight is 346 g/mol. The zero-order valence-corrected chi connectivity index (χ0v) is 13.5. The highest BCUT2D eigenvalue weighted by molar-refractivity contribution is 5.94. The number of hydrogen-bond acceptors (Lipinski definition) is 2. The summed E-state index contributed by atoms with van der Waals surface area (Å²) in [6, 6.07) is 5.37. The molecule has 0 fully saturated rings. The monoisotopic (exact) mass is 346 g/mol. The van der Waals surface area contributed by atoms with Gasteiger partial charge in [0.05, 0.1) is 6.42 Å². The molecule has 0 saturated heterocycles. The Bertz CT molecular complexity index is 559. The van der Waals surface area contributed by atoms with E-state index in [1.165, 1.54) is 0 Å².